The van der Waals surface area contributed by atoms with Crippen LogP contribution >= 0.6 is 15.9 Å². The fourth-order valence-electron chi connectivity index (χ4n) is 1.92. The Morgan fingerprint density at radius 3 is 2.75 bits per heavy atom. The lowest BCUT2D eigenvalue weighted by Crippen LogP contribution is -2.25. The van der Waals surface area contributed by atoms with E-state index in [0.29, 0.717) is 0 Å². The molecule has 2 nitrogen and oxygen atoms in total. The molecule has 0 spiro atoms. The van der Waals surface area contributed by atoms with Crippen LogP contribution in [0.3, 0.4) is 0 Å². The van der Waals surface area contributed by atoms with Gasteiger partial charge in [0, 0.05) is 23.2 Å². The first kappa shape index (κ1) is 11.9. The molecule has 2 rings (SSSR count). The molecule has 1 aromatic carbocycles. The van der Waals surface area contributed by atoms with Gasteiger partial charge in [-0.25, -0.2) is 0 Å². The van der Waals surface area contributed by atoms with Crippen molar-refractivity contribution in [3.05, 3.63) is 28.2 Å². The fraction of sp³-hybridized carbons (Fsp3) is 0.538. The molecule has 0 bridgehead atoms. The molecule has 0 saturated heterocycles. The third-order valence-corrected chi connectivity index (χ3v) is 3.66. The van der Waals surface area contributed by atoms with Gasteiger partial charge in [-0.1, -0.05) is 28.9 Å². The highest BCUT2D eigenvalue weighted by Crippen LogP contribution is 2.30. The summed E-state index contributed by atoms with van der Waals surface area (Å²) in [5, 5.41) is 0. The zero-order chi connectivity index (χ0) is 11.5. The Bertz CT molecular complexity index is 361. The van der Waals surface area contributed by atoms with E-state index < -0.39 is 0 Å². The van der Waals surface area contributed by atoms with Gasteiger partial charge in [-0.05, 0) is 43.0 Å². The van der Waals surface area contributed by atoms with E-state index >= 15 is 0 Å². The first-order valence-corrected chi connectivity index (χ1v) is 6.74. The fourth-order valence-corrected chi connectivity index (χ4v) is 2.30. The summed E-state index contributed by atoms with van der Waals surface area (Å²) in [6.45, 7) is 5.53. The Morgan fingerprint density at radius 2 is 2.19 bits per heavy atom. The maximum absolute atomic E-state index is 6.01. The van der Waals surface area contributed by atoms with Gasteiger partial charge in [-0.2, -0.15) is 0 Å². The smallest absolute Gasteiger partial charge is 0.0371 e. The summed E-state index contributed by atoms with van der Waals surface area (Å²) >= 11 is 3.44. The van der Waals surface area contributed by atoms with Crippen LogP contribution in [0.2, 0.25) is 0 Å². The molecular formula is C13H19BrN2. The summed E-state index contributed by atoms with van der Waals surface area (Å²) in [6.07, 6.45) is 2.82. The molecule has 1 aliphatic rings. The topological polar surface area (TPSA) is 29.3 Å². The van der Waals surface area contributed by atoms with Crippen LogP contribution in [0.4, 0.5) is 5.69 Å². The average Bonchev–Trinajstić information content (AvgIpc) is 3.04. The van der Waals surface area contributed by atoms with Gasteiger partial charge in [0.2, 0.25) is 0 Å². The zero-order valence-corrected chi connectivity index (χ0v) is 11.3. The zero-order valence-electron chi connectivity index (χ0n) is 9.75. The molecule has 88 valence electrons. The Morgan fingerprint density at radius 1 is 1.44 bits per heavy atom. The Labute approximate surface area is 106 Å². The standard InChI is InChI=1S/C13H19BrN2/c1-2-16(8-10-3-4-10)9-11-5-6-12(14)7-13(11)15/h5-7,10H,2-4,8-9,15H2,1H3. The van der Waals surface area contributed by atoms with E-state index in [1.165, 1.54) is 24.9 Å². The predicted molar refractivity (Wildman–Crippen MR) is 72.2 cm³/mol. The van der Waals surface area contributed by atoms with E-state index in [2.05, 4.69) is 39.9 Å². The number of anilines is 1. The van der Waals surface area contributed by atoms with Crippen LogP contribution < -0.4 is 5.73 Å². The van der Waals surface area contributed by atoms with Crippen molar-refractivity contribution in [1.29, 1.82) is 0 Å². The maximum atomic E-state index is 6.01. The lowest BCUT2D eigenvalue weighted by molar-refractivity contribution is 0.269. The van der Waals surface area contributed by atoms with E-state index in [4.69, 9.17) is 5.73 Å². The van der Waals surface area contributed by atoms with Gasteiger partial charge in [0.05, 0.1) is 0 Å². The number of benzene rings is 1. The number of halogens is 1. The second-order valence-corrected chi connectivity index (χ2v) is 5.53. The third kappa shape index (κ3) is 3.22. The Hall–Kier alpha value is -0.540. The molecule has 2 N–H and O–H groups in total. The van der Waals surface area contributed by atoms with Crippen LogP contribution in [0.15, 0.2) is 22.7 Å². The van der Waals surface area contributed by atoms with Gasteiger partial charge in [-0.15, -0.1) is 0 Å². The molecule has 0 unspecified atom stereocenters. The maximum Gasteiger partial charge on any atom is 0.0371 e. The van der Waals surface area contributed by atoms with Gasteiger partial charge in [0.1, 0.15) is 0 Å². The van der Waals surface area contributed by atoms with Crippen molar-refractivity contribution in [2.24, 2.45) is 5.92 Å². The predicted octanol–water partition coefficient (Wildman–Crippen LogP) is 3.26. The van der Waals surface area contributed by atoms with E-state index in [1.54, 1.807) is 0 Å². The number of hydrogen-bond donors (Lipinski definition) is 1. The SMILES string of the molecule is CCN(Cc1ccc(Br)cc1N)CC1CC1. The summed E-state index contributed by atoms with van der Waals surface area (Å²) < 4.78 is 1.05. The van der Waals surface area contributed by atoms with Crippen LogP contribution in [0.5, 0.6) is 0 Å². The first-order valence-electron chi connectivity index (χ1n) is 5.95. The van der Waals surface area contributed by atoms with Crippen LogP contribution in [0.1, 0.15) is 25.3 Å². The number of nitrogen functional groups attached to an aromatic ring is 1. The van der Waals surface area contributed by atoms with Crippen molar-refractivity contribution in [3.8, 4) is 0 Å². The van der Waals surface area contributed by atoms with Gasteiger partial charge in [0.25, 0.3) is 0 Å². The molecule has 3 heteroatoms. The van der Waals surface area contributed by atoms with Gasteiger partial charge >= 0.3 is 0 Å². The molecular weight excluding hydrogens is 264 g/mol. The number of rotatable bonds is 5. The minimum atomic E-state index is 0.892. The van der Waals surface area contributed by atoms with Crippen molar-refractivity contribution < 1.29 is 0 Å². The van der Waals surface area contributed by atoms with Crippen LogP contribution in [0, 0.1) is 5.92 Å². The lowest BCUT2D eigenvalue weighted by Gasteiger charge is -2.21. The second kappa shape index (κ2) is 5.19. The number of hydrogen-bond acceptors (Lipinski definition) is 2. The molecule has 1 fully saturated rings. The largest absolute Gasteiger partial charge is 0.398 e. The van der Waals surface area contributed by atoms with E-state index in [0.717, 1.165) is 29.2 Å². The summed E-state index contributed by atoms with van der Waals surface area (Å²) in [5.41, 5.74) is 8.15. The van der Waals surface area contributed by atoms with Crippen molar-refractivity contribution >= 4 is 21.6 Å². The molecule has 0 aliphatic heterocycles. The van der Waals surface area contributed by atoms with Gasteiger partial charge in [0.15, 0.2) is 0 Å². The first-order chi connectivity index (χ1) is 7.69. The van der Waals surface area contributed by atoms with Crippen LogP contribution in [-0.4, -0.2) is 18.0 Å². The molecule has 0 heterocycles. The van der Waals surface area contributed by atoms with Crippen LogP contribution in [-0.2, 0) is 6.54 Å². The van der Waals surface area contributed by atoms with Crippen molar-refractivity contribution in [2.45, 2.75) is 26.3 Å². The highest BCUT2D eigenvalue weighted by molar-refractivity contribution is 9.10. The molecule has 0 aromatic heterocycles. The highest BCUT2D eigenvalue weighted by atomic mass is 79.9. The van der Waals surface area contributed by atoms with Crippen molar-refractivity contribution in [1.82, 2.24) is 4.90 Å². The minimum absolute atomic E-state index is 0.892. The number of nitrogens with two attached hydrogens (primary N) is 1. The molecule has 16 heavy (non-hydrogen) atoms. The van der Waals surface area contributed by atoms with E-state index in [-0.39, 0.29) is 0 Å². The third-order valence-electron chi connectivity index (χ3n) is 3.16. The molecule has 0 atom stereocenters. The summed E-state index contributed by atoms with van der Waals surface area (Å²) in [7, 11) is 0. The van der Waals surface area contributed by atoms with Crippen molar-refractivity contribution in [3.63, 3.8) is 0 Å². The summed E-state index contributed by atoms with van der Waals surface area (Å²) in [4.78, 5) is 2.48. The van der Waals surface area contributed by atoms with E-state index in [9.17, 15) is 0 Å². The van der Waals surface area contributed by atoms with Gasteiger partial charge < -0.3 is 5.73 Å². The molecule has 0 radical (unpaired) electrons. The second-order valence-electron chi connectivity index (χ2n) is 4.61. The monoisotopic (exact) mass is 282 g/mol. The normalized spacial score (nSPS) is 15.7. The highest BCUT2D eigenvalue weighted by Gasteiger charge is 2.23. The quantitative estimate of drug-likeness (QED) is 0.840. The average molecular weight is 283 g/mol. The molecule has 1 aromatic rings. The minimum Gasteiger partial charge on any atom is -0.398 e. The van der Waals surface area contributed by atoms with Crippen molar-refractivity contribution in [2.75, 3.05) is 18.8 Å². The van der Waals surface area contributed by atoms with Gasteiger partial charge in [-0.3, -0.25) is 4.90 Å². The Balaban J connectivity index is 1.99. The number of nitrogens with zero attached hydrogens (tertiary/aromatic N) is 1. The lowest BCUT2D eigenvalue weighted by atomic mass is 10.1. The molecule has 0 amide bonds. The molecule has 1 aliphatic carbocycles. The summed E-state index contributed by atoms with van der Waals surface area (Å²) in [5.74, 6) is 0.941. The summed E-state index contributed by atoms with van der Waals surface area (Å²) in [6, 6.07) is 6.17. The Kier molecular flexibility index (Phi) is 3.87. The molecule has 1 saturated carbocycles. The van der Waals surface area contributed by atoms with Crippen LogP contribution in [0.25, 0.3) is 0 Å². The van der Waals surface area contributed by atoms with E-state index in [1.807, 2.05) is 6.07 Å².